The number of allylic oxidation sites excluding steroid dienone is 1. The fraction of sp³-hybridized carbons (Fsp3) is 0.200. The van der Waals surface area contributed by atoms with Crippen molar-refractivity contribution in [3.8, 4) is 23.3 Å². The number of hydrogen-bond acceptors (Lipinski definition) is 6. The summed E-state index contributed by atoms with van der Waals surface area (Å²) in [6.45, 7) is 2.37. The fourth-order valence-electron chi connectivity index (χ4n) is 2.59. The van der Waals surface area contributed by atoms with Crippen LogP contribution in [0.5, 0.6) is 17.2 Å². The lowest BCUT2D eigenvalue weighted by atomic mass is 10.1. The Kier molecular flexibility index (Phi) is 5.84. The lowest BCUT2D eigenvalue weighted by Gasteiger charge is -2.14. The smallest absolute Gasteiger partial charge is 0.203 e. The Hall–Kier alpha value is -2.75. The van der Waals surface area contributed by atoms with Crippen molar-refractivity contribution >= 4 is 44.8 Å². The van der Waals surface area contributed by atoms with Gasteiger partial charge in [-0.05, 0) is 48.9 Å². The number of benzene rings is 2. The summed E-state index contributed by atoms with van der Waals surface area (Å²) in [5.41, 5.74) is 1.96. The van der Waals surface area contributed by atoms with E-state index in [1.54, 1.807) is 38.5 Å². The predicted octanol–water partition coefficient (Wildman–Crippen LogP) is 5.43. The van der Waals surface area contributed by atoms with Crippen LogP contribution >= 0.6 is 22.9 Å². The molecule has 0 atom stereocenters. The summed E-state index contributed by atoms with van der Waals surface area (Å²) >= 11 is 7.47. The summed E-state index contributed by atoms with van der Waals surface area (Å²) < 4.78 is 17.4. The van der Waals surface area contributed by atoms with E-state index in [2.05, 4.69) is 11.1 Å². The van der Waals surface area contributed by atoms with Gasteiger partial charge in [0, 0.05) is 5.02 Å². The third-order valence-corrected chi connectivity index (χ3v) is 5.09. The number of methoxy groups -OCH3 is 2. The van der Waals surface area contributed by atoms with Crippen molar-refractivity contribution in [3.05, 3.63) is 45.9 Å². The van der Waals surface area contributed by atoms with Crippen LogP contribution in [0.3, 0.4) is 0 Å². The van der Waals surface area contributed by atoms with Gasteiger partial charge >= 0.3 is 0 Å². The summed E-state index contributed by atoms with van der Waals surface area (Å²) in [6, 6.07) is 11.3. The third kappa shape index (κ3) is 4.00. The summed E-state index contributed by atoms with van der Waals surface area (Å²) in [5.74, 6) is 1.61. The molecular weight excluding hydrogens is 384 g/mol. The highest BCUT2D eigenvalue weighted by molar-refractivity contribution is 7.19. The number of fused-ring (bicyclic) bond motifs is 1. The number of rotatable bonds is 6. The Morgan fingerprint density at radius 1 is 1.22 bits per heavy atom. The topological polar surface area (TPSA) is 64.4 Å². The largest absolute Gasteiger partial charge is 0.493 e. The van der Waals surface area contributed by atoms with Crippen LogP contribution < -0.4 is 14.2 Å². The molecule has 138 valence electrons. The summed E-state index contributed by atoms with van der Waals surface area (Å²) in [5, 5.41) is 10.9. The van der Waals surface area contributed by atoms with Gasteiger partial charge in [-0.25, -0.2) is 4.98 Å². The van der Waals surface area contributed by atoms with Gasteiger partial charge in [0.15, 0.2) is 11.5 Å². The minimum Gasteiger partial charge on any atom is -0.493 e. The molecular formula is C20H17ClN2O3S. The molecule has 0 fully saturated rings. The number of halogens is 1. The van der Waals surface area contributed by atoms with Gasteiger partial charge in [0.05, 0.1) is 36.6 Å². The van der Waals surface area contributed by atoms with Crippen LogP contribution in [0.1, 0.15) is 17.5 Å². The van der Waals surface area contributed by atoms with Crippen molar-refractivity contribution in [3.63, 3.8) is 0 Å². The Morgan fingerprint density at radius 2 is 1.93 bits per heavy atom. The second-order valence-corrected chi connectivity index (χ2v) is 6.96. The monoisotopic (exact) mass is 400 g/mol. The SMILES string of the molecule is CCOc1c(OC)cc(/C=C(/C#N)c2nc3cc(Cl)ccc3s2)cc1OC. The second-order valence-electron chi connectivity index (χ2n) is 5.49. The number of aromatic nitrogens is 1. The van der Waals surface area contributed by atoms with E-state index < -0.39 is 0 Å². The highest BCUT2D eigenvalue weighted by Crippen LogP contribution is 2.39. The van der Waals surface area contributed by atoms with Gasteiger partial charge in [-0.1, -0.05) is 11.6 Å². The van der Waals surface area contributed by atoms with Crippen LogP contribution in [0.25, 0.3) is 21.9 Å². The average Bonchev–Trinajstić information content (AvgIpc) is 3.09. The average molecular weight is 401 g/mol. The van der Waals surface area contributed by atoms with Crippen LogP contribution in [0, 0.1) is 11.3 Å². The summed E-state index contributed by atoms with van der Waals surface area (Å²) in [4.78, 5) is 4.53. The highest BCUT2D eigenvalue weighted by Gasteiger charge is 2.15. The van der Waals surface area contributed by atoms with E-state index in [-0.39, 0.29) is 0 Å². The fourth-order valence-corrected chi connectivity index (χ4v) is 3.67. The van der Waals surface area contributed by atoms with Crippen molar-refractivity contribution in [2.45, 2.75) is 6.92 Å². The molecule has 0 aliphatic carbocycles. The lowest BCUT2D eigenvalue weighted by Crippen LogP contribution is -1.99. The number of hydrogen-bond donors (Lipinski definition) is 0. The molecule has 0 spiro atoms. The maximum absolute atomic E-state index is 9.65. The van der Waals surface area contributed by atoms with Crippen LogP contribution in [-0.2, 0) is 0 Å². The van der Waals surface area contributed by atoms with E-state index in [9.17, 15) is 5.26 Å². The Balaban J connectivity index is 2.08. The summed E-state index contributed by atoms with van der Waals surface area (Å²) in [7, 11) is 3.13. The maximum atomic E-state index is 9.65. The number of nitrogens with zero attached hydrogens (tertiary/aromatic N) is 2. The number of ether oxygens (including phenoxy) is 3. The van der Waals surface area contributed by atoms with Gasteiger partial charge < -0.3 is 14.2 Å². The minimum absolute atomic E-state index is 0.445. The van der Waals surface area contributed by atoms with Gasteiger partial charge in [0.2, 0.25) is 5.75 Å². The van der Waals surface area contributed by atoms with E-state index >= 15 is 0 Å². The summed E-state index contributed by atoms with van der Waals surface area (Å²) in [6.07, 6.45) is 1.75. The van der Waals surface area contributed by atoms with Gasteiger partial charge in [0.25, 0.3) is 0 Å². The van der Waals surface area contributed by atoms with Crippen LogP contribution in [0.15, 0.2) is 30.3 Å². The normalized spacial score (nSPS) is 11.3. The zero-order valence-electron chi connectivity index (χ0n) is 15.1. The van der Waals surface area contributed by atoms with E-state index in [1.165, 1.54) is 11.3 Å². The van der Waals surface area contributed by atoms with Crippen LogP contribution in [-0.4, -0.2) is 25.8 Å². The van der Waals surface area contributed by atoms with E-state index in [1.807, 2.05) is 19.1 Å². The van der Waals surface area contributed by atoms with Gasteiger partial charge in [-0.3, -0.25) is 0 Å². The molecule has 5 nitrogen and oxygen atoms in total. The Morgan fingerprint density at radius 3 is 2.52 bits per heavy atom. The first-order chi connectivity index (χ1) is 13.1. The second kappa shape index (κ2) is 8.30. The molecule has 27 heavy (non-hydrogen) atoms. The zero-order chi connectivity index (χ0) is 19.4. The minimum atomic E-state index is 0.445. The first-order valence-electron chi connectivity index (χ1n) is 8.16. The number of nitriles is 1. The Labute approximate surface area is 166 Å². The molecule has 0 bridgehead atoms. The maximum Gasteiger partial charge on any atom is 0.203 e. The zero-order valence-corrected chi connectivity index (χ0v) is 16.6. The van der Waals surface area contributed by atoms with Crippen molar-refractivity contribution in [2.24, 2.45) is 0 Å². The van der Waals surface area contributed by atoms with Crippen molar-refractivity contribution < 1.29 is 14.2 Å². The van der Waals surface area contributed by atoms with Crippen LogP contribution in [0.2, 0.25) is 5.02 Å². The Bertz CT molecular complexity index is 1030. The van der Waals surface area contributed by atoms with Crippen LogP contribution in [0.4, 0.5) is 0 Å². The molecule has 0 unspecified atom stereocenters. The van der Waals surface area contributed by atoms with E-state index in [0.717, 1.165) is 15.8 Å². The molecule has 2 aromatic carbocycles. The molecule has 3 aromatic rings. The van der Waals surface area contributed by atoms with Gasteiger partial charge in [-0.2, -0.15) is 5.26 Å². The molecule has 0 aliphatic heterocycles. The number of thiazole rings is 1. The molecule has 1 heterocycles. The highest BCUT2D eigenvalue weighted by atomic mass is 35.5. The lowest BCUT2D eigenvalue weighted by molar-refractivity contribution is 0.288. The van der Waals surface area contributed by atoms with Gasteiger partial charge in [-0.15, -0.1) is 11.3 Å². The van der Waals surface area contributed by atoms with E-state index in [0.29, 0.717) is 39.5 Å². The molecule has 7 heteroatoms. The van der Waals surface area contributed by atoms with Crippen molar-refractivity contribution in [2.75, 3.05) is 20.8 Å². The van der Waals surface area contributed by atoms with Crippen molar-refractivity contribution in [1.29, 1.82) is 5.26 Å². The van der Waals surface area contributed by atoms with Gasteiger partial charge in [0.1, 0.15) is 11.1 Å². The first kappa shape index (κ1) is 19.0. The standard InChI is InChI=1S/C20H17ClN2O3S/c1-4-26-19-16(24-2)8-12(9-17(19)25-3)7-13(11-22)20-23-15-10-14(21)5-6-18(15)27-20/h5-10H,4H2,1-3H3/b13-7-. The molecule has 0 N–H and O–H groups in total. The molecule has 0 saturated heterocycles. The quantitative estimate of drug-likeness (QED) is 0.516. The first-order valence-corrected chi connectivity index (χ1v) is 9.36. The van der Waals surface area contributed by atoms with E-state index in [4.69, 9.17) is 25.8 Å². The molecule has 0 saturated carbocycles. The molecule has 0 radical (unpaired) electrons. The molecule has 0 amide bonds. The third-order valence-electron chi connectivity index (χ3n) is 3.78. The predicted molar refractivity (Wildman–Crippen MR) is 109 cm³/mol. The molecule has 1 aromatic heterocycles. The molecule has 3 rings (SSSR count). The van der Waals surface area contributed by atoms with Crippen molar-refractivity contribution in [1.82, 2.24) is 4.98 Å². The molecule has 0 aliphatic rings.